The zero-order valence-electron chi connectivity index (χ0n) is 13.0. The Kier molecular flexibility index (Phi) is 3.73. The monoisotopic (exact) mass is 354 g/mol. The lowest BCUT2D eigenvalue weighted by Crippen LogP contribution is -2.13. The molecule has 0 atom stereocenters. The summed E-state index contributed by atoms with van der Waals surface area (Å²) in [4.78, 5) is 19.5. The summed E-state index contributed by atoms with van der Waals surface area (Å²) in [5.41, 5.74) is 13.7. The molecule has 0 bridgehead atoms. The van der Waals surface area contributed by atoms with Crippen molar-refractivity contribution in [2.75, 3.05) is 11.5 Å². The molecule has 0 radical (unpaired) electrons. The van der Waals surface area contributed by atoms with Crippen LogP contribution in [0.2, 0.25) is 0 Å². The minimum absolute atomic E-state index is 0.0970. The van der Waals surface area contributed by atoms with Crippen molar-refractivity contribution in [3.63, 3.8) is 0 Å². The molecule has 9 nitrogen and oxygen atoms in total. The van der Waals surface area contributed by atoms with Crippen molar-refractivity contribution in [1.29, 1.82) is 0 Å². The Morgan fingerprint density at radius 2 is 1.96 bits per heavy atom. The first-order chi connectivity index (χ1) is 12.1. The van der Waals surface area contributed by atoms with Gasteiger partial charge in [-0.15, -0.1) is 10.2 Å². The van der Waals surface area contributed by atoms with Crippen LogP contribution in [-0.2, 0) is 11.3 Å². The van der Waals surface area contributed by atoms with Crippen LogP contribution in [0, 0.1) is 0 Å². The SMILES string of the molecule is NC(=O)CSc1nnc2n(Cc3ccccc3)c3ncnc(N)c3n12. The van der Waals surface area contributed by atoms with Crippen LogP contribution in [0.1, 0.15) is 5.56 Å². The quantitative estimate of drug-likeness (QED) is 0.504. The second kappa shape index (κ2) is 6.06. The van der Waals surface area contributed by atoms with Gasteiger partial charge in [-0.05, 0) is 5.56 Å². The number of hydrogen-bond acceptors (Lipinski definition) is 7. The topological polar surface area (TPSA) is 130 Å². The molecule has 3 aromatic heterocycles. The standard InChI is InChI=1S/C15H14N8OS/c16-10(24)7-25-15-21-20-14-22(6-9-4-2-1-3-5-9)13-11(23(14)15)12(17)18-8-19-13/h1-5,8H,6-7H2,(H2,16,24)(H2,17,18,19). The molecule has 0 aliphatic carbocycles. The van der Waals surface area contributed by atoms with E-state index in [-0.39, 0.29) is 5.75 Å². The molecule has 0 saturated heterocycles. The Labute approximate surface area is 146 Å². The summed E-state index contributed by atoms with van der Waals surface area (Å²) in [5.74, 6) is 0.569. The Balaban J connectivity index is 1.92. The van der Waals surface area contributed by atoms with Gasteiger partial charge in [0.15, 0.2) is 16.6 Å². The average molecular weight is 354 g/mol. The molecule has 126 valence electrons. The lowest BCUT2D eigenvalue weighted by atomic mass is 10.2. The fourth-order valence-corrected chi connectivity index (χ4v) is 3.33. The normalized spacial score (nSPS) is 11.4. The van der Waals surface area contributed by atoms with Gasteiger partial charge >= 0.3 is 0 Å². The van der Waals surface area contributed by atoms with Gasteiger partial charge in [-0.2, -0.15) is 0 Å². The van der Waals surface area contributed by atoms with E-state index in [2.05, 4.69) is 20.2 Å². The highest BCUT2D eigenvalue weighted by Gasteiger charge is 2.21. The zero-order chi connectivity index (χ0) is 17.4. The highest BCUT2D eigenvalue weighted by Crippen LogP contribution is 2.27. The number of imidazole rings is 1. The zero-order valence-corrected chi connectivity index (χ0v) is 13.8. The highest BCUT2D eigenvalue weighted by molar-refractivity contribution is 7.99. The smallest absolute Gasteiger partial charge is 0.238 e. The Morgan fingerprint density at radius 3 is 2.72 bits per heavy atom. The van der Waals surface area contributed by atoms with Crippen molar-refractivity contribution >= 4 is 40.4 Å². The maximum Gasteiger partial charge on any atom is 0.238 e. The highest BCUT2D eigenvalue weighted by atomic mass is 32.2. The lowest BCUT2D eigenvalue weighted by Gasteiger charge is -2.04. The van der Waals surface area contributed by atoms with Crippen LogP contribution in [-0.4, -0.2) is 40.8 Å². The molecule has 3 heterocycles. The fourth-order valence-electron chi connectivity index (χ4n) is 2.66. The third-order valence-corrected chi connectivity index (χ3v) is 4.65. The predicted octanol–water partition coefficient (Wildman–Crippen LogP) is 0.682. The molecule has 4 N–H and O–H groups in total. The molecule has 0 saturated carbocycles. The molecule has 0 fully saturated rings. The summed E-state index contributed by atoms with van der Waals surface area (Å²) in [6.45, 7) is 0.558. The molecule has 25 heavy (non-hydrogen) atoms. The first-order valence-electron chi connectivity index (χ1n) is 7.44. The van der Waals surface area contributed by atoms with Gasteiger partial charge in [0.2, 0.25) is 11.7 Å². The van der Waals surface area contributed by atoms with Crippen LogP contribution >= 0.6 is 11.8 Å². The largest absolute Gasteiger partial charge is 0.382 e. The van der Waals surface area contributed by atoms with E-state index in [0.717, 1.165) is 5.56 Å². The first kappa shape index (κ1) is 15.4. The van der Waals surface area contributed by atoms with E-state index in [9.17, 15) is 4.79 Å². The van der Waals surface area contributed by atoms with Gasteiger partial charge in [0.05, 0.1) is 12.3 Å². The number of fused-ring (bicyclic) bond motifs is 3. The van der Waals surface area contributed by atoms with Gasteiger partial charge in [0.1, 0.15) is 11.8 Å². The third kappa shape index (κ3) is 2.66. The number of nitrogen functional groups attached to an aromatic ring is 1. The number of benzene rings is 1. The average Bonchev–Trinajstić information content (AvgIpc) is 3.14. The van der Waals surface area contributed by atoms with Gasteiger partial charge < -0.3 is 11.5 Å². The lowest BCUT2D eigenvalue weighted by molar-refractivity contribution is -0.115. The van der Waals surface area contributed by atoms with Crippen molar-refractivity contribution in [2.24, 2.45) is 5.73 Å². The number of aromatic nitrogens is 6. The summed E-state index contributed by atoms with van der Waals surface area (Å²) in [6.07, 6.45) is 1.42. The first-order valence-corrected chi connectivity index (χ1v) is 8.42. The number of anilines is 1. The summed E-state index contributed by atoms with van der Waals surface area (Å²) < 4.78 is 3.69. The van der Waals surface area contributed by atoms with E-state index in [1.165, 1.54) is 18.1 Å². The molecule has 0 aliphatic rings. The van der Waals surface area contributed by atoms with E-state index in [1.807, 2.05) is 34.9 Å². The second-order valence-electron chi connectivity index (χ2n) is 5.38. The Hall–Kier alpha value is -3.14. The van der Waals surface area contributed by atoms with Gasteiger partial charge in [-0.3, -0.25) is 9.36 Å². The number of hydrogen-bond donors (Lipinski definition) is 2. The van der Waals surface area contributed by atoms with Crippen molar-refractivity contribution in [2.45, 2.75) is 11.7 Å². The second-order valence-corrected chi connectivity index (χ2v) is 6.32. The number of rotatable bonds is 5. The van der Waals surface area contributed by atoms with Crippen LogP contribution in [0.5, 0.6) is 0 Å². The number of amides is 1. The van der Waals surface area contributed by atoms with E-state index >= 15 is 0 Å². The van der Waals surface area contributed by atoms with Crippen molar-refractivity contribution in [1.82, 2.24) is 29.1 Å². The van der Waals surface area contributed by atoms with Crippen LogP contribution < -0.4 is 11.5 Å². The van der Waals surface area contributed by atoms with E-state index in [1.54, 1.807) is 4.40 Å². The molecule has 4 rings (SSSR count). The molecule has 4 aromatic rings. The van der Waals surface area contributed by atoms with Gasteiger partial charge in [0, 0.05) is 0 Å². The van der Waals surface area contributed by atoms with Gasteiger partial charge in [0.25, 0.3) is 0 Å². The van der Waals surface area contributed by atoms with E-state index in [0.29, 0.717) is 34.5 Å². The van der Waals surface area contributed by atoms with Gasteiger partial charge in [-0.25, -0.2) is 14.4 Å². The van der Waals surface area contributed by atoms with Crippen LogP contribution in [0.15, 0.2) is 41.8 Å². The number of nitrogens with two attached hydrogens (primary N) is 2. The summed E-state index contributed by atoms with van der Waals surface area (Å²) in [6, 6.07) is 9.94. The maximum absolute atomic E-state index is 11.1. The molecule has 0 aliphatic heterocycles. The molecule has 1 amide bonds. The van der Waals surface area contributed by atoms with Gasteiger partial charge in [-0.1, -0.05) is 42.1 Å². The van der Waals surface area contributed by atoms with Crippen LogP contribution in [0.25, 0.3) is 16.9 Å². The molecular formula is C15H14N8OS. The minimum atomic E-state index is -0.431. The maximum atomic E-state index is 11.1. The predicted molar refractivity (Wildman–Crippen MR) is 93.9 cm³/mol. The third-order valence-electron chi connectivity index (χ3n) is 3.70. The number of nitrogens with zero attached hydrogens (tertiary/aromatic N) is 6. The number of primary amides is 1. The number of thioether (sulfide) groups is 1. The van der Waals surface area contributed by atoms with Crippen molar-refractivity contribution in [3.8, 4) is 0 Å². The number of carbonyl (C=O) groups is 1. The van der Waals surface area contributed by atoms with E-state index < -0.39 is 5.91 Å². The Bertz CT molecular complexity index is 1070. The molecule has 0 spiro atoms. The van der Waals surface area contributed by atoms with Crippen molar-refractivity contribution in [3.05, 3.63) is 42.2 Å². The molecule has 10 heteroatoms. The van der Waals surface area contributed by atoms with Crippen LogP contribution in [0.4, 0.5) is 5.82 Å². The fraction of sp³-hybridized carbons (Fsp3) is 0.133. The van der Waals surface area contributed by atoms with E-state index in [4.69, 9.17) is 11.5 Å². The van der Waals surface area contributed by atoms with Crippen molar-refractivity contribution < 1.29 is 4.79 Å². The van der Waals surface area contributed by atoms with Crippen LogP contribution in [0.3, 0.4) is 0 Å². The molecular weight excluding hydrogens is 340 g/mol. The summed E-state index contributed by atoms with van der Waals surface area (Å²) in [5, 5.41) is 8.93. The molecule has 1 aromatic carbocycles. The summed E-state index contributed by atoms with van der Waals surface area (Å²) >= 11 is 1.20. The number of carbonyl (C=O) groups excluding carboxylic acids is 1. The minimum Gasteiger partial charge on any atom is -0.382 e. The Morgan fingerprint density at radius 1 is 1.16 bits per heavy atom. The summed E-state index contributed by atoms with van der Waals surface area (Å²) in [7, 11) is 0. The molecule has 0 unspecified atom stereocenters.